The number of hydrogen-bond acceptors (Lipinski definition) is 2. The monoisotopic (exact) mass is 316 g/mol. The SMILES string of the molecule is O=C1CN[C@@H](Cc2ccccc2F)CN1Cc1ccccc1F. The lowest BCUT2D eigenvalue weighted by molar-refractivity contribution is -0.133. The summed E-state index contributed by atoms with van der Waals surface area (Å²) in [6, 6.07) is 13.0. The van der Waals surface area contributed by atoms with E-state index in [1.54, 1.807) is 41.3 Å². The molecule has 0 radical (unpaired) electrons. The Morgan fingerprint density at radius 2 is 1.61 bits per heavy atom. The van der Waals surface area contributed by atoms with Crippen molar-refractivity contribution in [1.82, 2.24) is 10.2 Å². The zero-order chi connectivity index (χ0) is 16.2. The molecule has 1 amide bonds. The molecular weight excluding hydrogens is 298 g/mol. The van der Waals surface area contributed by atoms with Crippen LogP contribution in [0.25, 0.3) is 0 Å². The number of nitrogens with one attached hydrogen (secondary N) is 1. The molecule has 3 rings (SSSR count). The first-order chi connectivity index (χ1) is 11.1. The third-order valence-corrected chi connectivity index (χ3v) is 4.08. The molecule has 5 heteroatoms. The molecule has 1 aliphatic heterocycles. The van der Waals surface area contributed by atoms with Crippen LogP contribution in [0.5, 0.6) is 0 Å². The zero-order valence-electron chi connectivity index (χ0n) is 12.6. The third kappa shape index (κ3) is 3.74. The summed E-state index contributed by atoms with van der Waals surface area (Å²) >= 11 is 0. The van der Waals surface area contributed by atoms with Crippen LogP contribution in [0.3, 0.4) is 0 Å². The minimum atomic E-state index is -0.315. The van der Waals surface area contributed by atoms with Crippen molar-refractivity contribution in [2.45, 2.75) is 19.0 Å². The fraction of sp³-hybridized carbons (Fsp3) is 0.278. The highest BCUT2D eigenvalue weighted by Gasteiger charge is 2.26. The number of nitrogens with zero attached hydrogens (tertiary/aromatic N) is 1. The van der Waals surface area contributed by atoms with Gasteiger partial charge in [0.25, 0.3) is 0 Å². The molecule has 0 saturated carbocycles. The average molecular weight is 316 g/mol. The van der Waals surface area contributed by atoms with E-state index in [1.807, 2.05) is 0 Å². The van der Waals surface area contributed by atoms with Crippen molar-refractivity contribution in [1.29, 1.82) is 0 Å². The van der Waals surface area contributed by atoms with Crippen molar-refractivity contribution < 1.29 is 13.6 Å². The molecule has 23 heavy (non-hydrogen) atoms. The number of hydrogen-bond donors (Lipinski definition) is 1. The summed E-state index contributed by atoms with van der Waals surface area (Å²) in [4.78, 5) is 13.7. The van der Waals surface area contributed by atoms with Gasteiger partial charge in [-0.3, -0.25) is 4.79 Å². The highest BCUT2D eigenvalue weighted by atomic mass is 19.1. The van der Waals surface area contributed by atoms with Crippen LogP contribution in [-0.2, 0) is 17.8 Å². The van der Waals surface area contributed by atoms with Crippen LogP contribution in [-0.4, -0.2) is 29.9 Å². The van der Waals surface area contributed by atoms with Gasteiger partial charge < -0.3 is 10.2 Å². The second-order valence-corrected chi connectivity index (χ2v) is 5.74. The molecule has 2 aromatic carbocycles. The number of amides is 1. The standard InChI is InChI=1S/C18H18F2N2O/c19-16-7-3-1-5-13(16)9-15-12-22(18(23)10-21-15)11-14-6-2-4-8-17(14)20/h1-8,15,21H,9-12H2/t15-/m0/s1. The molecule has 1 aliphatic rings. The van der Waals surface area contributed by atoms with Gasteiger partial charge in [0.2, 0.25) is 5.91 Å². The Bertz CT molecular complexity index is 705. The maximum Gasteiger partial charge on any atom is 0.236 e. The van der Waals surface area contributed by atoms with Gasteiger partial charge in [0.1, 0.15) is 11.6 Å². The van der Waals surface area contributed by atoms with Crippen LogP contribution < -0.4 is 5.32 Å². The number of halogens is 2. The van der Waals surface area contributed by atoms with E-state index in [0.717, 1.165) is 0 Å². The van der Waals surface area contributed by atoms with E-state index in [1.165, 1.54) is 12.1 Å². The summed E-state index contributed by atoms with van der Waals surface area (Å²) in [5.74, 6) is -0.630. The summed E-state index contributed by atoms with van der Waals surface area (Å²) in [5, 5.41) is 3.12. The Morgan fingerprint density at radius 1 is 1.00 bits per heavy atom. The summed E-state index contributed by atoms with van der Waals surface area (Å²) in [5.41, 5.74) is 1.11. The zero-order valence-corrected chi connectivity index (χ0v) is 12.6. The fourth-order valence-electron chi connectivity index (χ4n) is 2.83. The second kappa shape index (κ2) is 6.87. The molecule has 1 atom stereocenters. The smallest absolute Gasteiger partial charge is 0.236 e. The van der Waals surface area contributed by atoms with Crippen LogP contribution in [0.15, 0.2) is 48.5 Å². The largest absolute Gasteiger partial charge is 0.336 e. The highest BCUT2D eigenvalue weighted by molar-refractivity contribution is 5.79. The van der Waals surface area contributed by atoms with Crippen LogP contribution >= 0.6 is 0 Å². The van der Waals surface area contributed by atoms with Crippen molar-refractivity contribution in [2.24, 2.45) is 0 Å². The van der Waals surface area contributed by atoms with Gasteiger partial charge in [-0.2, -0.15) is 0 Å². The maximum atomic E-state index is 13.8. The number of piperazine rings is 1. The van der Waals surface area contributed by atoms with E-state index in [-0.39, 0.29) is 36.7 Å². The van der Waals surface area contributed by atoms with Crippen molar-refractivity contribution in [3.63, 3.8) is 0 Å². The van der Waals surface area contributed by atoms with Gasteiger partial charge in [-0.1, -0.05) is 36.4 Å². The molecule has 1 saturated heterocycles. The van der Waals surface area contributed by atoms with Gasteiger partial charge in [0, 0.05) is 24.7 Å². The van der Waals surface area contributed by atoms with E-state index in [9.17, 15) is 13.6 Å². The summed E-state index contributed by atoms with van der Waals surface area (Å²) in [7, 11) is 0. The molecule has 0 unspecified atom stereocenters. The molecular formula is C18H18F2N2O. The molecule has 0 bridgehead atoms. The lowest BCUT2D eigenvalue weighted by Gasteiger charge is -2.33. The molecule has 1 fully saturated rings. The van der Waals surface area contributed by atoms with E-state index >= 15 is 0 Å². The number of carbonyl (C=O) groups is 1. The maximum absolute atomic E-state index is 13.8. The molecule has 3 nitrogen and oxygen atoms in total. The second-order valence-electron chi connectivity index (χ2n) is 5.74. The van der Waals surface area contributed by atoms with Crippen LogP contribution in [0.1, 0.15) is 11.1 Å². The minimum absolute atomic E-state index is 0.0450. The third-order valence-electron chi connectivity index (χ3n) is 4.08. The molecule has 0 aliphatic carbocycles. The van der Waals surface area contributed by atoms with E-state index in [4.69, 9.17) is 0 Å². The summed E-state index contributed by atoms with van der Waals surface area (Å²) in [6.07, 6.45) is 0.494. The molecule has 1 heterocycles. The van der Waals surface area contributed by atoms with Gasteiger partial charge in [-0.25, -0.2) is 8.78 Å². The van der Waals surface area contributed by atoms with E-state index < -0.39 is 0 Å². The Labute approximate surface area is 133 Å². The van der Waals surface area contributed by atoms with Gasteiger partial charge in [-0.05, 0) is 24.1 Å². The number of carbonyl (C=O) groups excluding carboxylic acids is 1. The predicted octanol–water partition coefficient (Wildman–Crippen LogP) is 2.51. The summed E-state index contributed by atoms with van der Waals surface area (Å²) in [6.45, 7) is 0.857. The first kappa shape index (κ1) is 15.6. The highest BCUT2D eigenvalue weighted by Crippen LogP contribution is 2.15. The van der Waals surface area contributed by atoms with Crippen molar-refractivity contribution in [3.8, 4) is 0 Å². The van der Waals surface area contributed by atoms with Gasteiger partial charge in [0.05, 0.1) is 6.54 Å². The Hall–Kier alpha value is -2.27. The Kier molecular flexibility index (Phi) is 4.67. The lowest BCUT2D eigenvalue weighted by Crippen LogP contribution is -2.54. The number of benzene rings is 2. The first-order valence-corrected chi connectivity index (χ1v) is 7.61. The van der Waals surface area contributed by atoms with Crippen molar-refractivity contribution in [3.05, 3.63) is 71.3 Å². The average Bonchev–Trinajstić information content (AvgIpc) is 2.55. The Morgan fingerprint density at radius 3 is 2.26 bits per heavy atom. The summed E-state index contributed by atoms with van der Waals surface area (Å²) < 4.78 is 27.5. The molecule has 120 valence electrons. The fourth-order valence-corrected chi connectivity index (χ4v) is 2.83. The lowest BCUT2D eigenvalue weighted by atomic mass is 10.0. The van der Waals surface area contributed by atoms with Crippen molar-refractivity contribution in [2.75, 3.05) is 13.1 Å². The van der Waals surface area contributed by atoms with E-state index in [0.29, 0.717) is 24.1 Å². The Balaban J connectivity index is 1.69. The quantitative estimate of drug-likeness (QED) is 0.940. The minimum Gasteiger partial charge on any atom is -0.336 e. The number of rotatable bonds is 4. The van der Waals surface area contributed by atoms with E-state index in [2.05, 4.69) is 5.32 Å². The van der Waals surface area contributed by atoms with Crippen LogP contribution in [0, 0.1) is 11.6 Å². The topological polar surface area (TPSA) is 32.3 Å². The van der Waals surface area contributed by atoms with Gasteiger partial charge >= 0.3 is 0 Å². The van der Waals surface area contributed by atoms with Gasteiger partial charge in [-0.15, -0.1) is 0 Å². The molecule has 1 N–H and O–H groups in total. The van der Waals surface area contributed by atoms with Crippen LogP contribution in [0.2, 0.25) is 0 Å². The van der Waals surface area contributed by atoms with Crippen LogP contribution in [0.4, 0.5) is 8.78 Å². The molecule has 0 spiro atoms. The van der Waals surface area contributed by atoms with Gasteiger partial charge in [0.15, 0.2) is 0 Å². The first-order valence-electron chi connectivity index (χ1n) is 7.61. The molecule has 0 aromatic heterocycles. The normalized spacial score (nSPS) is 18.3. The molecule has 2 aromatic rings. The predicted molar refractivity (Wildman–Crippen MR) is 83.7 cm³/mol. The van der Waals surface area contributed by atoms with Crippen molar-refractivity contribution >= 4 is 5.91 Å².